The fourth-order valence-corrected chi connectivity index (χ4v) is 2.09. The Morgan fingerprint density at radius 1 is 1.31 bits per heavy atom. The molecular weight excluding hydrogens is 210 g/mol. The van der Waals surface area contributed by atoms with Gasteiger partial charge < -0.3 is 14.7 Å². The molecule has 1 heterocycles. The van der Waals surface area contributed by atoms with Crippen LogP contribution >= 0.6 is 0 Å². The second-order valence-electron chi connectivity index (χ2n) is 4.60. The van der Waals surface area contributed by atoms with Crippen molar-refractivity contribution in [3.05, 3.63) is 0 Å². The Kier molecular flexibility index (Phi) is 3.14. The topological polar surface area (TPSA) is 66.8 Å². The van der Waals surface area contributed by atoms with Crippen LogP contribution in [0, 0.1) is 0 Å². The van der Waals surface area contributed by atoms with E-state index in [9.17, 15) is 9.59 Å². The third-order valence-corrected chi connectivity index (χ3v) is 3.08. The molecule has 0 aromatic rings. The molecule has 2 unspecified atom stereocenters. The number of ether oxygens (including phenoxy) is 1. The Hall–Kier alpha value is -1.10. The Morgan fingerprint density at radius 3 is 2.44 bits per heavy atom. The average molecular weight is 227 g/mol. The van der Waals surface area contributed by atoms with Gasteiger partial charge in [-0.05, 0) is 32.6 Å². The monoisotopic (exact) mass is 227 g/mol. The molecule has 1 N–H and O–H groups in total. The average Bonchev–Trinajstić information content (AvgIpc) is 2.96. The Morgan fingerprint density at radius 2 is 2.00 bits per heavy atom. The van der Waals surface area contributed by atoms with E-state index in [-0.39, 0.29) is 24.6 Å². The minimum Gasteiger partial charge on any atom is -0.480 e. The number of aliphatic carboxylic acids is 1. The van der Waals surface area contributed by atoms with Gasteiger partial charge in [-0.1, -0.05) is 0 Å². The van der Waals surface area contributed by atoms with E-state index in [1.807, 2.05) is 6.92 Å². The lowest BCUT2D eigenvalue weighted by Crippen LogP contribution is -2.43. The van der Waals surface area contributed by atoms with Crippen molar-refractivity contribution in [1.29, 1.82) is 0 Å². The van der Waals surface area contributed by atoms with Crippen molar-refractivity contribution >= 4 is 11.9 Å². The van der Waals surface area contributed by atoms with Gasteiger partial charge in [0.1, 0.15) is 12.6 Å². The van der Waals surface area contributed by atoms with Gasteiger partial charge in [-0.15, -0.1) is 0 Å². The molecule has 1 saturated heterocycles. The number of carbonyl (C=O) groups is 2. The van der Waals surface area contributed by atoms with Crippen molar-refractivity contribution in [3.63, 3.8) is 0 Å². The summed E-state index contributed by atoms with van der Waals surface area (Å²) < 4.78 is 5.48. The van der Waals surface area contributed by atoms with Crippen LogP contribution in [0.4, 0.5) is 0 Å². The summed E-state index contributed by atoms with van der Waals surface area (Å²) in [5.41, 5.74) is 0. The predicted molar refractivity (Wildman–Crippen MR) is 55.9 cm³/mol. The summed E-state index contributed by atoms with van der Waals surface area (Å²) in [7, 11) is 0. The largest absolute Gasteiger partial charge is 0.480 e. The molecule has 5 nitrogen and oxygen atoms in total. The van der Waals surface area contributed by atoms with Crippen molar-refractivity contribution < 1.29 is 19.4 Å². The van der Waals surface area contributed by atoms with E-state index in [0.717, 1.165) is 19.3 Å². The van der Waals surface area contributed by atoms with Gasteiger partial charge in [-0.3, -0.25) is 9.59 Å². The smallest absolute Gasteiger partial charge is 0.323 e. The normalized spacial score (nSPS) is 29.1. The van der Waals surface area contributed by atoms with Crippen molar-refractivity contribution in [1.82, 2.24) is 4.90 Å². The first-order valence-electron chi connectivity index (χ1n) is 5.75. The van der Waals surface area contributed by atoms with Crippen LogP contribution in [0.1, 0.15) is 32.6 Å². The fourth-order valence-electron chi connectivity index (χ4n) is 2.09. The number of hydrogen-bond acceptors (Lipinski definition) is 3. The maximum absolute atomic E-state index is 12.0. The van der Waals surface area contributed by atoms with E-state index in [1.54, 1.807) is 0 Å². The quantitative estimate of drug-likeness (QED) is 0.765. The van der Waals surface area contributed by atoms with Gasteiger partial charge in [-0.2, -0.15) is 0 Å². The van der Waals surface area contributed by atoms with Gasteiger partial charge in [0.15, 0.2) is 0 Å². The molecule has 2 fully saturated rings. The summed E-state index contributed by atoms with van der Waals surface area (Å²) >= 11 is 0. The molecule has 0 bridgehead atoms. The lowest BCUT2D eigenvalue weighted by Gasteiger charge is -2.23. The van der Waals surface area contributed by atoms with Gasteiger partial charge in [0, 0.05) is 6.04 Å². The first-order valence-corrected chi connectivity index (χ1v) is 5.75. The SMILES string of the molecule is CC1CCC(C(=O)N(CC(=O)O)C2CC2)O1. The highest BCUT2D eigenvalue weighted by Crippen LogP contribution is 2.29. The van der Waals surface area contributed by atoms with Crippen molar-refractivity contribution in [3.8, 4) is 0 Å². The Balaban J connectivity index is 1.96. The molecule has 0 aromatic carbocycles. The van der Waals surface area contributed by atoms with Crippen LogP contribution < -0.4 is 0 Å². The van der Waals surface area contributed by atoms with Crippen LogP contribution in [-0.2, 0) is 14.3 Å². The molecule has 16 heavy (non-hydrogen) atoms. The van der Waals surface area contributed by atoms with Crippen LogP contribution in [-0.4, -0.2) is 46.7 Å². The van der Waals surface area contributed by atoms with E-state index in [1.165, 1.54) is 4.90 Å². The van der Waals surface area contributed by atoms with E-state index in [0.29, 0.717) is 6.42 Å². The lowest BCUT2D eigenvalue weighted by molar-refractivity contribution is -0.150. The minimum atomic E-state index is -0.953. The number of nitrogens with zero attached hydrogens (tertiary/aromatic N) is 1. The summed E-state index contributed by atoms with van der Waals surface area (Å²) in [4.78, 5) is 24.2. The summed E-state index contributed by atoms with van der Waals surface area (Å²) in [6.45, 7) is 1.74. The van der Waals surface area contributed by atoms with Crippen molar-refractivity contribution in [2.45, 2.75) is 50.9 Å². The highest BCUT2D eigenvalue weighted by molar-refractivity contribution is 5.85. The van der Waals surface area contributed by atoms with E-state index in [4.69, 9.17) is 9.84 Å². The summed E-state index contributed by atoms with van der Waals surface area (Å²) in [5, 5.41) is 8.77. The number of carbonyl (C=O) groups excluding carboxylic acids is 1. The molecule has 0 aromatic heterocycles. The second-order valence-corrected chi connectivity index (χ2v) is 4.60. The van der Waals surface area contributed by atoms with Gasteiger partial charge in [0.2, 0.25) is 0 Å². The fraction of sp³-hybridized carbons (Fsp3) is 0.818. The molecule has 5 heteroatoms. The Labute approximate surface area is 94.4 Å². The van der Waals surface area contributed by atoms with E-state index >= 15 is 0 Å². The number of hydrogen-bond donors (Lipinski definition) is 1. The van der Waals surface area contributed by atoms with Crippen LogP contribution in [0.15, 0.2) is 0 Å². The molecular formula is C11H17NO4. The number of carboxylic acid groups (broad SMARTS) is 1. The van der Waals surface area contributed by atoms with Gasteiger partial charge in [0.05, 0.1) is 6.10 Å². The standard InChI is InChI=1S/C11H17NO4/c1-7-2-5-9(16-7)11(15)12(6-10(13)14)8-3-4-8/h7-9H,2-6H2,1H3,(H,13,14). The van der Waals surface area contributed by atoms with Crippen molar-refractivity contribution in [2.75, 3.05) is 6.54 Å². The molecule has 2 aliphatic rings. The highest BCUT2D eigenvalue weighted by atomic mass is 16.5. The molecule has 2 rings (SSSR count). The third-order valence-electron chi connectivity index (χ3n) is 3.08. The zero-order valence-electron chi connectivity index (χ0n) is 9.39. The van der Waals surface area contributed by atoms with Crippen molar-refractivity contribution in [2.24, 2.45) is 0 Å². The molecule has 1 aliphatic heterocycles. The first-order chi connectivity index (χ1) is 7.58. The van der Waals surface area contributed by atoms with Crippen LogP contribution in [0.5, 0.6) is 0 Å². The zero-order valence-corrected chi connectivity index (χ0v) is 9.39. The lowest BCUT2D eigenvalue weighted by atomic mass is 10.2. The third kappa shape index (κ3) is 2.52. The molecule has 2 atom stereocenters. The number of rotatable bonds is 4. The molecule has 1 aliphatic carbocycles. The maximum atomic E-state index is 12.0. The van der Waals surface area contributed by atoms with Gasteiger partial charge in [-0.25, -0.2) is 0 Å². The molecule has 1 amide bonds. The predicted octanol–water partition coefficient (Wildman–Crippen LogP) is 0.629. The molecule has 90 valence electrons. The zero-order chi connectivity index (χ0) is 11.7. The number of amides is 1. The van der Waals surface area contributed by atoms with Crippen LogP contribution in [0.25, 0.3) is 0 Å². The minimum absolute atomic E-state index is 0.111. The summed E-state index contributed by atoms with van der Waals surface area (Å²) in [6, 6.07) is 0.128. The van der Waals surface area contributed by atoms with Gasteiger partial charge >= 0.3 is 5.97 Å². The number of carboxylic acids is 1. The Bertz CT molecular complexity index is 300. The summed E-state index contributed by atoms with van der Waals surface area (Å²) in [5.74, 6) is -1.10. The maximum Gasteiger partial charge on any atom is 0.323 e. The van der Waals surface area contributed by atoms with E-state index < -0.39 is 12.1 Å². The molecule has 0 spiro atoms. The molecule has 1 saturated carbocycles. The molecule has 0 radical (unpaired) electrons. The van der Waals surface area contributed by atoms with Crippen LogP contribution in [0.2, 0.25) is 0 Å². The summed E-state index contributed by atoms with van der Waals surface area (Å²) in [6.07, 6.45) is 3.11. The van der Waals surface area contributed by atoms with Gasteiger partial charge in [0.25, 0.3) is 5.91 Å². The highest BCUT2D eigenvalue weighted by Gasteiger charge is 2.39. The first kappa shape index (κ1) is 11.4. The van der Waals surface area contributed by atoms with Crippen LogP contribution in [0.3, 0.4) is 0 Å². The second kappa shape index (κ2) is 4.41. The van der Waals surface area contributed by atoms with E-state index in [2.05, 4.69) is 0 Å².